The average Bonchev–Trinajstić information content (AvgIpc) is 2.47. The van der Waals surface area contributed by atoms with E-state index in [1.54, 1.807) is 0 Å². The van der Waals surface area contributed by atoms with Gasteiger partial charge in [0.05, 0.1) is 11.6 Å². The molecule has 0 spiro atoms. The van der Waals surface area contributed by atoms with Crippen LogP contribution in [0.1, 0.15) is 5.56 Å². The van der Waals surface area contributed by atoms with Gasteiger partial charge in [0.2, 0.25) is 0 Å². The van der Waals surface area contributed by atoms with E-state index in [-0.39, 0.29) is 0 Å². The van der Waals surface area contributed by atoms with Crippen molar-refractivity contribution in [1.82, 2.24) is 0 Å². The Morgan fingerprint density at radius 1 is 0.722 bits per heavy atom. The largest absolute Gasteiger partial charge is 0.192 e. The molecule has 0 N–H and O–H groups in total. The van der Waals surface area contributed by atoms with E-state index in [0.29, 0.717) is 5.56 Å². The fraction of sp³-hybridized carbons (Fsp3) is 0. The van der Waals surface area contributed by atoms with Crippen LogP contribution >= 0.6 is 0 Å². The highest BCUT2D eigenvalue weighted by atomic mass is 14.2. The summed E-state index contributed by atoms with van der Waals surface area (Å²) in [4.78, 5) is 0. The van der Waals surface area contributed by atoms with Gasteiger partial charge in [-0.05, 0) is 34.0 Å². The summed E-state index contributed by atoms with van der Waals surface area (Å²) < 4.78 is 0. The second-order valence-electron chi connectivity index (χ2n) is 4.22. The van der Waals surface area contributed by atoms with Crippen molar-refractivity contribution >= 4 is 10.8 Å². The predicted octanol–water partition coefficient (Wildman–Crippen LogP) is 4.38. The monoisotopic (exact) mass is 229 g/mol. The van der Waals surface area contributed by atoms with Gasteiger partial charge < -0.3 is 0 Å². The molecule has 3 aromatic carbocycles. The maximum atomic E-state index is 8.82. The van der Waals surface area contributed by atoms with Crippen molar-refractivity contribution in [2.45, 2.75) is 0 Å². The zero-order valence-corrected chi connectivity index (χ0v) is 9.80. The van der Waals surface area contributed by atoms with E-state index in [2.05, 4.69) is 42.5 Å². The molecule has 0 aliphatic rings. The van der Waals surface area contributed by atoms with Crippen molar-refractivity contribution in [3.8, 4) is 17.2 Å². The smallest absolute Gasteiger partial charge is 0.0991 e. The predicted molar refractivity (Wildman–Crippen MR) is 74.1 cm³/mol. The van der Waals surface area contributed by atoms with Gasteiger partial charge >= 0.3 is 0 Å². The summed E-state index contributed by atoms with van der Waals surface area (Å²) in [6.45, 7) is 0. The molecule has 0 aliphatic carbocycles. The molecule has 18 heavy (non-hydrogen) atoms. The molecule has 0 unspecified atom stereocenters. The van der Waals surface area contributed by atoms with E-state index in [0.717, 1.165) is 5.56 Å². The van der Waals surface area contributed by atoms with Gasteiger partial charge in [-0.1, -0.05) is 54.6 Å². The van der Waals surface area contributed by atoms with Crippen molar-refractivity contribution < 1.29 is 0 Å². The van der Waals surface area contributed by atoms with Gasteiger partial charge in [-0.25, -0.2) is 0 Å². The Balaban J connectivity index is 2.22. The van der Waals surface area contributed by atoms with Crippen molar-refractivity contribution in [1.29, 1.82) is 5.26 Å². The van der Waals surface area contributed by atoms with Crippen LogP contribution in [0.25, 0.3) is 21.9 Å². The summed E-state index contributed by atoms with van der Waals surface area (Å²) in [5.41, 5.74) is 3.04. The molecule has 1 nitrogen and oxygen atoms in total. The first kappa shape index (κ1) is 10.6. The molecule has 0 heterocycles. The van der Waals surface area contributed by atoms with Crippen molar-refractivity contribution in [2.24, 2.45) is 0 Å². The molecule has 0 atom stereocenters. The number of fused-ring (bicyclic) bond motifs is 1. The van der Waals surface area contributed by atoms with E-state index < -0.39 is 0 Å². The van der Waals surface area contributed by atoms with E-state index >= 15 is 0 Å². The third-order valence-corrected chi connectivity index (χ3v) is 3.11. The molecular weight excluding hydrogens is 218 g/mol. The van der Waals surface area contributed by atoms with Gasteiger partial charge in [0.1, 0.15) is 0 Å². The van der Waals surface area contributed by atoms with E-state index in [4.69, 9.17) is 5.26 Å². The molecule has 3 aromatic rings. The number of rotatable bonds is 1. The summed E-state index contributed by atoms with van der Waals surface area (Å²) >= 11 is 0. The van der Waals surface area contributed by atoms with E-state index in [1.165, 1.54) is 16.3 Å². The Hall–Kier alpha value is -2.59. The number of nitrogens with zero attached hydrogens (tertiary/aromatic N) is 1. The highest BCUT2D eigenvalue weighted by Gasteiger charge is 2.02. The fourth-order valence-electron chi connectivity index (χ4n) is 2.20. The molecule has 0 radical (unpaired) electrons. The van der Waals surface area contributed by atoms with Crippen LogP contribution in [0, 0.1) is 11.3 Å². The van der Waals surface area contributed by atoms with Crippen LogP contribution in [-0.4, -0.2) is 0 Å². The summed E-state index contributed by atoms with van der Waals surface area (Å²) in [5.74, 6) is 0. The van der Waals surface area contributed by atoms with Gasteiger partial charge in [0, 0.05) is 0 Å². The minimum atomic E-state index is 0.694. The lowest BCUT2D eigenvalue weighted by Gasteiger charge is -2.06. The number of hydrogen-bond acceptors (Lipinski definition) is 1. The number of nitriles is 1. The molecule has 0 bridgehead atoms. The topological polar surface area (TPSA) is 23.8 Å². The molecule has 84 valence electrons. The van der Waals surface area contributed by atoms with Crippen LogP contribution in [-0.2, 0) is 0 Å². The van der Waals surface area contributed by atoms with Crippen molar-refractivity contribution in [3.63, 3.8) is 0 Å². The standard InChI is InChI=1S/C17H11N/c18-12-13-8-10-15(11-9-13)17-7-3-5-14-4-1-2-6-16(14)17/h1-11H. The molecule has 0 aromatic heterocycles. The van der Waals surface area contributed by atoms with Gasteiger partial charge in [0.25, 0.3) is 0 Å². The Bertz CT molecular complexity index is 728. The highest BCUT2D eigenvalue weighted by molar-refractivity contribution is 5.96. The first-order valence-electron chi connectivity index (χ1n) is 5.87. The molecule has 0 amide bonds. The van der Waals surface area contributed by atoms with Crippen LogP contribution in [0.2, 0.25) is 0 Å². The Morgan fingerprint density at radius 3 is 2.22 bits per heavy atom. The SMILES string of the molecule is N#Cc1ccc(-c2cccc3ccccc23)cc1. The van der Waals surface area contributed by atoms with Gasteiger partial charge in [-0.2, -0.15) is 5.26 Å². The quantitative estimate of drug-likeness (QED) is 0.607. The van der Waals surface area contributed by atoms with Crippen molar-refractivity contribution in [2.75, 3.05) is 0 Å². The number of benzene rings is 3. The average molecular weight is 229 g/mol. The van der Waals surface area contributed by atoms with Crippen LogP contribution < -0.4 is 0 Å². The maximum Gasteiger partial charge on any atom is 0.0991 e. The van der Waals surface area contributed by atoms with Gasteiger partial charge in [-0.15, -0.1) is 0 Å². The normalized spacial score (nSPS) is 10.2. The molecule has 0 fully saturated rings. The summed E-state index contributed by atoms with van der Waals surface area (Å²) in [6, 6.07) is 24.5. The second kappa shape index (κ2) is 4.35. The molecule has 3 rings (SSSR count). The fourth-order valence-corrected chi connectivity index (χ4v) is 2.20. The van der Waals surface area contributed by atoms with Crippen LogP contribution in [0.15, 0.2) is 66.7 Å². The first-order valence-corrected chi connectivity index (χ1v) is 5.87. The Morgan fingerprint density at radius 2 is 1.44 bits per heavy atom. The lowest BCUT2D eigenvalue weighted by molar-refractivity contribution is 1.48. The first-order chi connectivity index (χ1) is 8.88. The Kier molecular flexibility index (Phi) is 2.55. The Labute approximate surface area is 106 Å². The maximum absolute atomic E-state index is 8.82. The lowest BCUT2D eigenvalue weighted by atomic mass is 9.98. The summed E-state index contributed by atoms with van der Waals surface area (Å²) in [5, 5.41) is 11.3. The minimum absolute atomic E-state index is 0.694. The van der Waals surface area contributed by atoms with Crippen LogP contribution in [0.4, 0.5) is 0 Å². The molecular formula is C17H11N. The zero-order valence-electron chi connectivity index (χ0n) is 9.80. The van der Waals surface area contributed by atoms with Gasteiger partial charge in [-0.3, -0.25) is 0 Å². The third kappa shape index (κ3) is 1.74. The van der Waals surface area contributed by atoms with E-state index in [9.17, 15) is 0 Å². The zero-order chi connectivity index (χ0) is 12.4. The molecule has 0 aliphatic heterocycles. The summed E-state index contributed by atoms with van der Waals surface area (Å²) in [6.07, 6.45) is 0. The van der Waals surface area contributed by atoms with Crippen molar-refractivity contribution in [3.05, 3.63) is 72.3 Å². The van der Waals surface area contributed by atoms with E-state index in [1.807, 2.05) is 30.3 Å². The third-order valence-electron chi connectivity index (χ3n) is 3.11. The highest BCUT2D eigenvalue weighted by Crippen LogP contribution is 2.28. The number of hydrogen-bond donors (Lipinski definition) is 0. The minimum Gasteiger partial charge on any atom is -0.192 e. The molecule has 1 heteroatoms. The second-order valence-corrected chi connectivity index (χ2v) is 4.22. The lowest BCUT2D eigenvalue weighted by Crippen LogP contribution is -1.81. The molecule has 0 saturated carbocycles. The molecule has 0 saturated heterocycles. The van der Waals surface area contributed by atoms with Gasteiger partial charge in [0.15, 0.2) is 0 Å². The van der Waals surface area contributed by atoms with Crippen LogP contribution in [0.5, 0.6) is 0 Å². The summed E-state index contributed by atoms with van der Waals surface area (Å²) in [7, 11) is 0. The van der Waals surface area contributed by atoms with Crippen LogP contribution in [0.3, 0.4) is 0 Å².